The topological polar surface area (TPSA) is 66.4 Å². The van der Waals surface area contributed by atoms with Gasteiger partial charge in [0.2, 0.25) is 0 Å². The van der Waals surface area contributed by atoms with Crippen molar-refractivity contribution in [2.45, 2.75) is 27.3 Å². The number of hydrogen-bond acceptors (Lipinski definition) is 3. The lowest BCUT2D eigenvalue weighted by Gasteiger charge is -2.18. The van der Waals surface area contributed by atoms with Gasteiger partial charge in [-0.25, -0.2) is 0 Å². The van der Waals surface area contributed by atoms with Gasteiger partial charge in [-0.1, -0.05) is 55.8 Å². The quantitative estimate of drug-likeness (QED) is 0.431. The molecule has 0 bridgehead atoms. The second-order valence-corrected chi connectivity index (χ2v) is 8.07. The van der Waals surface area contributed by atoms with Gasteiger partial charge in [-0.15, -0.1) is 0 Å². The summed E-state index contributed by atoms with van der Waals surface area (Å²) in [7, 11) is 0. The zero-order chi connectivity index (χ0) is 23.8. The predicted molar refractivity (Wildman–Crippen MR) is 135 cm³/mol. The summed E-state index contributed by atoms with van der Waals surface area (Å²) < 4.78 is 2.12. The molecule has 6 nitrogen and oxygen atoms in total. The Balaban J connectivity index is 1.92. The molecule has 0 spiro atoms. The Kier molecular flexibility index (Phi) is 8.69. The fourth-order valence-corrected chi connectivity index (χ4v) is 3.98. The zero-order valence-electron chi connectivity index (χ0n) is 19.4. The van der Waals surface area contributed by atoms with E-state index in [1.807, 2.05) is 30.5 Å². The summed E-state index contributed by atoms with van der Waals surface area (Å²) in [5, 5.41) is 7.07. The highest BCUT2D eigenvalue weighted by atomic mass is 35.5. The van der Waals surface area contributed by atoms with Gasteiger partial charge in [0.25, 0.3) is 11.8 Å². The van der Waals surface area contributed by atoms with E-state index < -0.39 is 5.91 Å². The summed E-state index contributed by atoms with van der Waals surface area (Å²) in [6, 6.07) is 14.8. The summed E-state index contributed by atoms with van der Waals surface area (Å²) >= 11 is 6.20. The fraction of sp³-hybridized carbons (Fsp3) is 0.308. The second-order valence-electron chi connectivity index (χ2n) is 7.66. The highest BCUT2D eigenvalue weighted by molar-refractivity contribution is 6.34. The summed E-state index contributed by atoms with van der Waals surface area (Å²) in [6.07, 6.45) is 3.73. The van der Waals surface area contributed by atoms with Crippen LogP contribution in [0.5, 0.6) is 0 Å². The van der Waals surface area contributed by atoms with Crippen molar-refractivity contribution in [1.82, 2.24) is 20.1 Å². The van der Waals surface area contributed by atoms with Gasteiger partial charge in [0.1, 0.15) is 5.70 Å². The van der Waals surface area contributed by atoms with Crippen molar-refractivity contribution >= 4 is 40.4 Å². The molecule has 2 N–H and O–H groups in total. The van der Waals surface area contributed by atoms with Crippen LogP contribution in [0.1, 0.15) is 36.7 Å². The first-order chi connectivity index (χ1) is 16.0. The van der Waals surface area contributed by atoms with Crippen molar-refractivity contribution < 1.29 is 9.59 Å². The van der Waals surface area contributed by atoms with E-state index in [1.165, 1.54) is 0 Å². The van der Waals surface area contributed by atoms with Gasteiger partial charge in [0.05, 0.1) is 10.6 Å². The van der Waals surface area contributed by atoms with Crippen LogP contribution in [-0.4, -0.2) is 47.5 Å². The molecular formula is C26H31ClN4O2. The number of benzene rings is 2. The van der Waals surface area contributed by atoms with Crippen molar-refractivity contribution in [2.75, 3.05) is 26.2 Å². The predicted octanol–water partition coefficient (Wildman–Crippen LogP) is 4.54. The largest absolute Gasteiger partial charge is 0.349 e. The number of halogens is 1. The van der Waals surface area contributed by atoms with E-state index in [9.17, 15) is 9.59 Å². The average Bonchev–Trinajstić information content (AvgIpc) is 3.19. The maximum Gasteiger partial charge on any atom is 0.267 e. The Morgan fingerprint density at radius 1 is 1.03 bits per heavy atom. The number of aromatic nitrogens is 1. The Morgan fingerprint density at radius 3 is 2.42 bits per heavy atom. The highest BCUT2D eigenvalue weighted by Crippen LogP contribution is 2.23. The minimum atomic E-state index is -0.426. The lowest BCUT2D eigenvalue weighted by molar-refractivity contribution is -0.117. The molecule has 2 amide bonds. The summed E-state index contributed by atoms with van der Waals surface area (Å²) in [6.45, 7) is 10.1. The molecule has 7 heteroatoms. The molecule has 0 unspecified atom stereocenters. The number of nitrogens with one attached hydrogen (secondary N) is 2. The Bertz CT molecular complexity index is 1150. The van der Waals surface area contributed by atoms with Gasteiger partial charge < -0.3 is 20.1 Å². The van der Waals surface area contributed by atoms with E-state index in [-0.39, 0.29) is 11.6 Å². The van der Waals surface area contributed by atoms with E-state index in [0.29, 0.717) is 17.1 Å². The van der Waals surface area contributed by atoms with Crippen LogP contribution in [-0.2, 0) is 11.3 Å². The van der Waals surface area contributed by atoms with Crippen LogP contribution in [0.2, 0.25) is 5.02 Å². The number of carbonyl (C=O) groups excluding carboxylic acids is 2. The third kappa shape index (κ3) is 6.03. The number of para-hydroxylation sites is 1. The molecule has 0 atom stereocenters. The number of aryl methyl sites for hydroxylation is 1. The third-order valence-corrected chi connectivity index (χ3v) is 6.01. The van der Waals surface area contributed by atoms with Crippen LogP contribution in [0.25, 0.3) is 17.0 Å². The van der Waals surface area contributed by atoms with E-state index in [1.54, 1.807) is 30.3 Å². The molecule has 0 aliphatic rings. The summed E-state index contributed by atoms with van der Waals surface area (Å²) in [5.41, 5.74) is 2.43. The third-order valence-electron chi connectivity index (χ3n) is 5.68. The molecule has 2 aromatic carbocycles. The molecule has 0 saturated heterocycles. The van der Waals surface area contributed by atoms with Crippen molar-refractivity contribution in [2.24, 2.45) is 0 Å². The monoisotopic (exact) mass is 466 g/mol. The van der Waals surface area contributed by atoms with E-state index in [4.69, 9.17) is 11.6 Å². The smallest absolute Gasteiger partial charge is 0.267 e. The number of nitrogens with zero attached hydrogens (tertiary/aromatic N) is 2. The molecule has 0 saturated carbocycles. The van der Waals surface area contributed by atoms with Crippen LogP contribution in [0.4, 0.5) is 0 Å². The van der Waals surface area contributed by atoms with E-state index in [2.05, 4.69) is 40.9 Å². The standard InChI is InChI=1S/C26H31ClN4O2/c1-4-30(5-2)16-15-28-26(33)23(29-25(32)21-12-7-9-13-22(21)27)17-19-18-31(6-3)24-14-10-8-11-20(19)24/h7-14,17-18H,4-6,15-16H2,1-3H3,(H,28,33)(H,29,32). The van der Waals surface area contributed by atoms with Crippen LogP contribution < -0.4 is 10.6 Å². The number of likely N-dealkylation sites (N-methyl/N-ethyl adjacent to an activating group) is 1. The zero-order valence-corrected chi connectivity index (χ0v) is 20.2. The molecule has 1 aromatic heterocycles. The normalized spacial score (nSPS) is 11.7. The SMILES string of the molecule is CCN(CC)CCNC(=O)C(=Cc1cn(CC)c2ccccc12)NC(=O)c1ccccc1Cl. The Morgan fingerprint density at radius 2 is 1.73 bits per heavy atom. The first-order valence-electron chi connectivity index (χ1n) is 11.3. The number of fused-ring (bicyclic) bond motifs is 1. The van der Waals surface area contributed by atoms with Gasteiger partial charge in [0, 0.05) is 42.3 Å². The molecule has 0 aliphatic carbocycles. The number of hydrogen-bond donors (Lipinski definition) is 2. The molecule has 0 radical (unpaired) electrons. The van der Waals surface area contributed by atoms with E-state index in [0.717, 1.165) is 42.6 Å². The summed E-state index contributed by atoms with van der Waals surface area (Å²) in [5.74, 6) is -0.763. The van der Waals surface area contributed by atoms with Crippen molar-refractivity contribution in [3.63, 3.8) is 0 Å². The van der Waals surface area contributed by atoms with Gasteiger partial charge in [-0.2, -0.15) is 0 Å². The molecule has 33 heavy (non-hydrogen) atoms. The molecule has 0 aliphatic heterocycles. The van der Waals surface area contributed by atoms with Crippen LogP contribution >= 0.6 is 11.6 Å². The molecule has 3 aromatic rings. The molecule has 1 heterocycles. The van der Waals surface area contributed by atoms with Crippen molar-refractivity contribution in [3.05, 3.63) is 76.6 Å². The Labute approximate surface area is 200 Å². The van der Waals surface area contributed by atoms with Gasteiger partial charge >= 0.3 is 0 Å². The molecule has 3 rings (SSSR count). The molecule has 174 valence electrons. The van der Waals surface area contributed by atoms with Gasteiger partial charge in [-0.3, -0.25) is 9.59 Å². The first-order valence-corrected chi connectivity index (χ1v) is 11.7. The first kappa shape index (κ1) is 24.6. The maximum absolute atomic E-state index is 13.1. The average molecular weight is 467 g/mol. The molecule has 0 fully saturated rings. The Hall–Kier alpha value is -3.09. The second kappa shape index (κ2) is 11.7. The maximum atomic E-state index is 13.1. The molecular weight excluding hydrogens is 436 g/mol. The number of carbonyl (C=O) groups is 2. The lowest BCUT2D eigenvalue weighted by Crippen LogP contribution is -2.39. The van der Waals surface area contributed by atoms with Crippen LogP contribution in [0.15, 0.2) is 60.4 Å². The van der Waals surface area contributed by atoms with Gasteiger partial charge in [-0.05, 0) is 44.3 Å². The summed E-state index contributed by atoms with van der Waals surface area (Å²) in [4.78, 5) is 28.3. The minimum absolute atomic E-state index is 0.179. The van der Waals surface area contributed by atoms with Crippen molar-refractivity contribution in [3.8, 4) is 0 Å². The van der Waals surface area contributed by atoms with Crippen molar-refractivity contribution in [1.29, 1.82) is 0 Å². The van der Waals surface area contributed by atoms with Crippen LogP contribution in [0, 0.1) is 0 Å². The lowest BCUT2D eigenvalue weighted by atomic mass is 10.1. The van der Waals surface area contributed by atoms with E-state index >= 15 is 0 Å². The minimum Gasteiger partial charge on any atom is -0.349 e. The number of amides is 2. The number of rotatable bonds is 10. The van der Waals surface area contributed by atoms with Crippen LogP contribution in [0.3, 0.4) is 0 Å². The fourth-order valence-electron chi connectivity index (χ4n) is 3.76. The highest BCUT2D eigenvalue weighted by Gasteiger charge is 2.18. The van der Waals surface area contributed by atoms with Gasteiger partial charge in [0.15, 0.2) is 0 Å².